The van der Waals surface area contributed by atoms with Crippen LogP contribution in [-0.2, 0) is 14.3 Å². The molecule has 0 radical (unpaired) electrons. The molecule has 0 spiro atoms. The number of amides is 1. The van der Waals surface area contributed by atoms with Crippen LogP contribution in [0.25, 0.3) is 0 Å². The van der Waals surface area contributed by atoms with Crippen molar-refractivity contribution < 1.29 is 14.3 Å². The largest absolute Gasteiger partial charge is 0.460 e. The number of hydrogen-bond acceptors (Lipinski definition) is 7. The molecule has 1 aliphatic heterocycles. The lowest BCUT2D eigenvalue weighted by Gasteiger charge is -2.36. The Morgan fingerprint density at radius 3 is 2.52 bits per heavy atom. The van der Waals surface area contributed by atoms with Crippen molar-refractivity contribution in [3.63, 3.8) is 0 Å². The predicted octanol–water partition coefficient (Wildman–Crippen LogP) is 2.14. The number of nitrogens with one attached hydrogen (secondary N) is 1. The van der Waals surface area contributed by atoms with Gasteiger partial charge in [-0.05, 0) is 52.7 Å². The summed E-state index contributed by atoms with van der Waals surface area (Å²) < 4.78 is 5.27. The van der Waals surface area contributed by atoms with E-state index < -0.39 is 17.0 Å². The van der Waals surface area contributed by atoms with Crippen molar-refractivity contribution in [2.45, 2.75) is 58.6 Å². The van der Waals surface area contributed by atoms with E-state index in [0.717, 1.165) is 12.8 Å². The molecule has 1 atom stereocenters. The molecule has 2 rings (SSSR count). The molecule has 0 bridgehead atoms. The summed E-state index contributed by atoms with van der Waals surface area (Å²) in [6.45, 7) is 7.80. The molecule has 0 saturated carbocycles. The Morgan fingerprint density at radius 2 is 2.00 bits per heavy atom. The van der Waals surface area contributed by atoms with Crippen LogP contribution in [0.1, 0.15) is 47.0 Å². The minimum absolute atomic E-state index is 0.185. The quantitative estimate of drug-likeness (QED) is 0.788. The van der Waals surface area contributed by atoms with Gasteiger partial charge in [0.05, 0.1) is 12.5 Å². The first-order valence-corrected chi connectivity index (χ1v) is 9.10. The zero-order valence-corrected chi connectivity index (χ0v) is 16.4. The van der Waals surface area contributed by atoms with Gasteiger partial charge in [0.2, 0.25) is 5.91 Å². The molecule has 8 heteroatoms. The number of anilines is 1. The molecule has 2 heterocycles. The second-order valence-corrected chi connectivity index (χ2v) is 8.03. The SMILES string of the molecule is CC(C)(C)OC(=O)C[C@@](C)(C#N)C(=O)N1CCC(Nc2cccnn2)CC1. The Bertz CT molecular complexity index is 702. The summed E-state index contributed by atoms with van der Waals surface area (Å²) in [6.07, 6.45) is 2.82. The molecule has 1 amide bonds. The number of likely N-dealkylation sites (tertiary alicyclic amines) is 1. The number of aromatic nitrogens is 2. The molecule has 0 aromatic carbocycles. The summed E-state index contributed by atoms with van der Waals surface area (Å²) in [4.78, 5) is 26.6. The van der Waals surface area contributed by atoms with Crippen molar-refractivity contribution in [3.8, 4) is 6.07 Å². The lowest BCUT2D eigenvalue weighted by Crippen LogP contribution is -2.48. The third kappa shape index (κ3) is 5.91. The van der Waals surface area contributed by atoms with Gasteiger partial charge in [0.1, 0.15) is 16.8 Å². The minimum atomic E-state index is -1.42. The number of carbonyl (C=O) groups excluding carboxylic acids is 2. The average molecular weight is 373 g/mol. The second-order valence-electron chi connectivity index (χ2n) is 8.03. The topological polar surface area (TPSA) is 108 Å². The molecule has 1 fully saturated rings. The normalized spacial score (nSPS) is 17.5. The number of ether oxygens (including phenoxy) is 1. The molecule has 146 valence electrons. The summed E-state index contributed by atoms with van der Waals surface area (Å²) in [7, 11) is 0. The van der Waals surface area contributed by atoms with E-state index in [1.807, 2.05) is 18.2 Å². The molecule has 1 aliphatic rings. The van der Waals surface area contributed by atoms with Crippen LogP contribution in [0.4, 0.5) is 5.82 Å². The van der Waals surface area contributed by atoms with Crippen molar-refractivity contribution in [2.24, 2.45) is 5.41 Å². The van der Waals surface area contributed by atoms with Crippen LogP contribution < -0.4 is 5.32 Å². The van der Waals surface area contributed by atoms with Gasteiger partial charge in [0.15, 0.2) is 0 Å². The Labute approximate surface area is 159 Å². The Hall–Kier alpha value is -2.69. The van der Waals surface area contributed by atoms with E-state index in [1.165, 1.54) is 6.92 Å². The number of rotatable bonds is 5. The summed E-state index contributed by atoms with van der Waals surface area (Å²) in [5.74, 6) is -0.165. The van der Waals surface area contributed by atoms with E-state index in [4.69, 9.17) is 4.74 Å². The van der Waals surface area contributed by atoms with Gasteiger partial charge in [0, 0.05) is 25.3 Å². The first-order valence-electron chi connectivity index (χ1n) is 9.10. The highest BCUT2D eigenvalue weighted by atomic mass is 16.6. The second kappa shape index (κ2) is 8.33. The molecule has 1 aromatic rings. The predicted molar refractivity (Wildman–Crippen MR) is 99.4 cm³/mol. The number of carbonyl (C=O) groups is 2. The highest BCUT2D eigenvalue weighted by Gasteiger charge is 2.41. The third-order valence-corrected chi connectivity index (χ3v) is 4.34. The molecule has 1 saturated heterocycles. The van der Waals surface area contributed by atoms with Gasteiger partial charge in [-0.2, -0.15) is 10.4 Å². The molecular formula is C19H27N5O3. The van der Waals surface area contributed by atoms with Crippen LogP contribution in [0.5, 0.6) is 0 Å². The fraction of sp³-hybridized carbons (Fsp3) is 0.632. The lowest BCUT2D eigenvalue weighted by molar-refractivity contribution is -0.160. The van der Waals surface area contributed by atoms with Gasteiger partial charge < -0.3 is 15.0 Å². The van der Waals surface area contributed by atoms with Gasteiger partial charge in [-0.3, -0.25) is 9.59 Å². The average Bonchev–Trinajstić information content (AvgIpc) is 2.61. The lowest BCUT2D eigenvalue weighted by atomic mass is 9.86. The van der Waals surface area contributed by atoms with E-state index in [9.17, 15) is 14.9 Å². The van der Waals surface area contributed by atoms with E-state index in [1.54, 1.807) is 31.9 Å². The summed E-state index contributed by atoms with van der Waals surface area (Å²) >= 11 is 0. The molecule has 27 heavy (non-hydrogen) atoms. The van der Waals surface area contributed by atoms with Crippen LogP contribution in [-0.4, -0.2) is 51.7 Å². The minimum Gasteiger partial charge on any atom is -0.460 e. The fourth-order valence-electron chi connectivity index (χ4n) is 2.99. The summed E-state index contributed by atoms with van der Waals surface area (Å²) in [6, 6.07) is 5.86. The van der Waals surface area contributed by atoms with Crippen LogP contribution >= 0.6 is 0 Å². The smallest absolute Gasteiger partial charge is 0.308 e. The maximum atomic E-state index is 12.9. The number of piperidine rings is 1. The van der Waals surface area contributed by atoms with Crippen LogP contribution in [0.15, 0.2) is 18.3 Å². The molecule has 0 unspecified atom stereocenters. The first-order chi connectivity index (χ1) is 12.6. The maximum absolute atomic E-state index is 12.9. The highest BCUT2D eigenvalue weighted by molar-refractivity contribution is 5.89. The molecule has 1 aromatic heterocycles. The molecule has 8 nitrogen and oxygen atoms in total. The monoisotopic (exact) mass is 373 g/mol. The Balaban J connectivity index is 1.92. The van der Waals surface area contributed by atoms with Crippen LogP contribution in [0.3, 0.4) is 0 Å². The Morgan fingerprint density at radius 1 is 1.33 bits per heavy atom. The van der Waals surface area contributed by atoms with Crippen molar-refractivity contribution in [2.75, 3.05) is 18.4 Å². The van der Waals surface area contributed by atoms with Gasteiger partial charge >= 0.3 is 5.97 Å². The van der Waals surface area contributed by atoms with Gasteiger partial charge in [-0.25, -0.2) is 0 Å². The van der Waals surface area contributed by atoms with Crippen molar-refractivity contribution in [1.82, 2.24) is 15.1 Å². The summed E-state index contributed by atoms with van der Waals surface area (Å²) in [5.41, 5.74) is -2.08. The maximum Gasteiger partial charge on any atom is 0.308 e. The molecular weight excluding hydrogens is 346 g/mol. The van der Waals surface area contributed by atoms with E-state index in [0.29, 0.717) is 18.9 Å². The Kier molecular flexibility index (Phi) is 6.37. The summed E-state index contributed by atoms with van der Waals surface area (Å²) in [5, 5.41) is 20.7. The third-order valence-electron chi connectivity index (χ3n) is 4.34. The van der Waals surface area contributed by atoms with Crippen molar-refractivity contribution >= 4 is 17.7 Å². The van der Waals surface area contributed by atoms with Crippen molar-refractivity contribution in [1.29, 1.82) is 5.26 Å². The van der Waals surface area contributed by atoms with E-state index in [2.05, 4.69) is 15.5 Å². The standard InChI is InChI=1S/C19H27N5O3/c1-18(2,3)27-16(25)12-19(4,13-20)17(26)24-10-7-14(8-11-24)22-15-6-5-9-21-23-15/h5-6,9,14H,7-8,10-12H2,1-4H3,(H,22,23)/t19-/m0/s1. The molecule has 1 N–H and O–H groups in total. The van der Waals surface area contributed by atoms with E-state index in [-0.39, 0.29) is 18.4 Å². The number of nitrogens with zero attached hydrogens (tertiary/aromatic N) is 4. The number of esters is 1. The van der Waals surface area contributed by atoms with Gasteiger partial charge in [-0.1, -0.05) is 0 Å². The van der Waals surface area contributed by atoms with Crippen LogP contribution in [0, 0.1) is 16.7 Å². The van der Waals surface area contributed by atoms with Crippen molar-refractivity contribution in [3.05, 3.63) is 18.3 Å². The fourth-order valence-corrected chi connectivity index (χ4v) is 2.99. The zero-order valence-electron chi connectivity index (χ0n) is 16.4. The van der Waals surface area contributed by atoms with Gasteiger partial charge in [-0.15, -0.1) is 5.10 Å². The zero-order chi connectivity index (χ0) is 20.1. The van der Waals surface area contributed by atoms with E-state index >= 15 is 0 Å². The highest BCUT2D eigenvalue weighted by Crippen LogP contribution is 2.27. The molecule has 0 aliphatic carbocycles. The number of hydrogen-bond donors (Lipinski definition) is 1. The first kappa shape index (κ1) is 20.6. The number of nitriles is 1. The van der Waals surface area contributed by atoms with Gasteiger partial charge in [0.25, 0.3) is 0 Å². The van der Waals surface area contributed by atoms with Crippen LogP contribution in [0.2, 0.25) is 0 Å².